The maximum atomic E-state index is 6.88. The van der Waals surface area contributed by atoms with Crippen molar-refractivity contribution >= 4 is 12.4 Å². The van der Waals surface area contributed by atoms with Gasteiger partial charge in [0.2, 0.25) is 0 Å². The monoisotopic (exact) mass is 181 g/mol. The minimum absolute atomic E-state index is 0.450. The molecule has 3 nitrogen and oxygen atoms in total. The third-order valence-corrected chi connectivity index (χ3v) is 1.76. The summed E-state index contributed by atoms with van der Waals surface area (Å²) in [6, 6.07) is 0.450. The van der Waals surface area contributed by atoms with Gasteiger partial charge in [0, 0.05) is 24.5 Å². The van der Waals surface area contributed by atoms with E-state index in [2.05, 4.69) is 12.0 Å². The second-order valence-electron chi connectivity index (χ2n) is 2.70. The van der Waals surface area contributed by atoms with Gasteiger partial charge in [-0.3, -0.25) is 5.01 Å². The molecule has 3 heteroatoms. The molecule has 1 aliphatic rings. The van der Waals surface area contributed by atoms with Crippen LogP contribution >= 0.6 is 0 Å². The smallest absolute Gasteiger partial charge is 0.0544 e. The van der Waals surface area contributed by atoms with Crippen LogP contribution in [0.2, 0.25) is 0 Å². The maximum absolute atomic E-state index is 6.88. The molecule has 1 N–H and O–H groups in total. The Morgan fingerprint density at radius 3 is 2.62 bits per heavy atom. The Morgan fingerprint density at radius 2 is 2.23 bits per heavy atom. The number of hydrogen-bond donors (Lipinski definition) is 1. The van der Waals surface area contributed by atoms with E-state index in [0.717, 1.165) is 12.1 Å². The lowest BCUT2D eigenvalue weighted by atomic mass is 10.2. The van der Waals surface area contributed by atoms with Crippen LogP contribution in [-0.2, 0) is 0 Å². The van der Waals surface area contributed by atoms with E-state index in [-0.39, 0.29) is 0 Å². The molecule has 0 aromatic heterocycles. The zero-order valence-corrected chi connectivity index (χ0v) is 8.91. The van der Waals surface area contributed by atoms with E-state index in [1.807, 2.05) is 32.0 Å². The van der Waals surface area contributed by atoms with Crippen LogP contribution in [0.3, 0.4) is 0 Å². The average Bonchev–Trinajstić information content (AvgIpc) is 2.55. The summed E-state index contributed by atoms with van der Waals surface area (Å²) in [7, 11) is 0. The minimum Gasteiger partial charge on any atom is -0.309 e. The summed E-state index contributed by atoms with van der Waals surface area (Å²) in [5.74, 6) is 0. The molecule has 0 fully saturated rings. The lowest BCUT2D eigenvalue weighted by Crippen LogP contribution is -2.21. The number of nitrogens with one attached hydrogen (secondary N) is 1. The third-order valence-electron chi connectivity index (χ3n) is 1.76. The van der Waals surface area contributed by atoms with Crippen LogP contribution in [0, 0.1) is 5.41 Å². The highest BCUT2D eigenvalue weighted by Gasteiger charge is 2.15. The van der Waals surface area contributed by atoms with Gasteiger partial charge in [0.05, 0.1) is 6.04 Å². The van der Waals surface area contributed by atoms with Crippen LogP contribution in [0.15, 0.2) is 16.9 Å². The van der Waals surface area contributed by atoms with Crippen molar-refractivity contribution < 1.29 is 0 Å². The van der Waals surface area contributed by atoms with Crippen molar-refractivity contribution in [3.8, 4) is 0 Å². The van der Waals surface area contributed by atoms with Crippen LogP contribution in [0.4, 0.5) is 0 Å². The number of hydrogen-bond acceptors (Lipinski definition) is 3. The van der Waals surface area contributed by atoms with E-state index in [4.69, 9.17) is 5.41 Å². The van der Waals surface area contributed by atoms with Crippen molar-refractivity contribution in [3.63, 3.8) is 0 Å². The Morgan fingerprint density at radius 1 is 1.62 bits per heavy atom. The summed E-state index contributed by atoms with van der Waals surface area (Å²) in [5.41, 5.74) is 1.03. The molecule has 1 rings (SSSR count). The van der Waals surface area contributed by atoms with E-state index < -0.39 is 0 Å². The second kappa shape index (κ2) is 6.40. The summed E-state index contributed by atoms with van der Waals surface area (Å²) in [5, 5.41) is 13.0. The largest absolute Gasteiger partial charge is 0.309 e. The van der Waals surface area contributed by atoms with Crippen LogP contribution in [0.25, 0.3) is 0 Å². The van der Waals surface area contributed by atoms with Gasteiger partial charge in [-0.25, -0.2) is 0 Å². The normalized spacial score (nSPS) is 21.1. The minimum atomic E-state index is 0.450. The van der Waals surface area contributed by atoms with Gasteiger partial charge < -0.3 is 5.41 Å². The number of allylic oxidation sites excluding steroid dienone is 2. The topological polar surface area (TPSA) is 39.5 Å². The van der Waals surface area contributed by atoms with Crippen molar-refractivity contribution in [2.75, 3.05) is 0 Å². The first-order valence-corrected chi connectivity index (χ1v) is 4.74. The van der Waals surface area contributed by atoms with Gasteiger partial charge in [-0.1, -0.05) is 13.8 Å². The summed E-state index contributed by atoms with van der Waals surface area (Å²) < 4.78 is 0. The Bertz CT molecular complexity index is 206. The molecule has 74 valence electrons. The number of hydrazone groups is 1. The van der Waals surface area contributed by atoms with Crippen molar-refractivity contribution in [1.82, 2.24) is 5.01 Å². The quantitative estimate of drug-likeness (QED) is 0.653. The lowest BCUT2D eigenvalue weighted by Gasteiger charge is -2.19. The van der Waals surface area contributed by atoms with Gasteiger partial charge in [-0.2, -0.15) is 5.10 Å². The summed E-state index contributed by atoms with van der Waals surface area (Å²) in [6.45, 7) is 8.08. The highest BCUT2D eigenvalue weighted by atomic mass is 15.5. The molecule has 0 aromatic rings. The Balaban J connectivity index is 0.000000671. The van der Waals surface area contributed by atoms with E-state index in [0.29, 0.717) is 6.04 Å². The fourth-order valence-electron chi connectivity index (χ4n) is 1.14. The summed E-state index contributed by atoms with van der Waals surface area (Å²) in [4.78, 5) is 0. The second-order valence-corrected chi connectivity index (χ2v) is 2.70. The summed E-state index contributed by atoms with van der Waals surface area (Å²) >= 11 is 0. The van der Waals surface area contributed by atoms with E-state index >= 15 is 0 Å². The molecule has 0 aliphatic carbocycles. The van der Waals surface area contributed by atoms with Crippen molar-refractivity contribution in [1.29, 1.82) is 5.41 Å². The van der Waals surface area contributed by atoms with Gasteiger partial charge in [-0.15, -0.1) is 0 Å². The molecule has 1 unspecified atom stereocenters. The SMILES string of the molecule is C/C(=C/C=N)N1N=CCC1C.CC. The van der Waals surface area contributed by atoms with Crippen molar-refractivity contribution in [2.24, 2.45) is 5.10 Å². The first-order chi connectivity index (χ1) is 6.25. The molecule has 0 radical (unpaired) electrons. The van der Waals surface area contributed by atoms with Crippen LogP contribution in [0.1, 0.15) is 34.1 Å². The van der Waals surface area contributed by atoms with Gasteiger partial charge in [0.1, 0.15) is 0 Å². The molecule has 0 amide bonds. The average molecular weight is 181 g/mol. The zero-order valence-electron chi connectivity index (χ0n) is 8.91. The predicted molar refractivity (Wildman–Crippen MR) is 58.3 cm³/mol. The van der Waals surface area contributed by atoms with Crippen LogP contribution in [0.5, 0.6) is 0 Å². The molecular formula is C10H19N3. The highest BCUT2D eigenvalue weighted by molar-refractivity contribution is 5.69. The molecule has 0 saturated carbocycles. The van der Waals surface area contributed by atoms with Gasteiger partial charge >= 0.3 is 0 Å². The van der Waals surface area contributed by atoms with Crippen molar-refractivity contribution in [3.05, 3.63) is 11.8 Å². The highest BCUT2D eigenvalue weighted by Crippen LogP contribution is 2.15. The van der Waals surface area contributed by atoms with Gasteiger partial charge in [0.15, 0.2) is 0 Å². The maximum Gasteiger partial charge on any atom is 0.0544 e. The molecule has 0 aromatic carbocycles. The molecule has 0 saturated heterocycles. The molecule has 13 heavy (non-hydrogen) atoms. The van der Waals surface area contributed by atoms with Crippen molar-refractivity contribution in [2.45, 2.75) is 40.2 Å². The number of nitrogens with zero attached hydrogens (tertiary/aromatic N) is 2. The molecule has 1 aliphatic heterocycles. The standard InChI is InChI=1S/C8H13N3.C2H6/c1-7(3-5-9)11-8(2)4-6-10-11;1-2/h3,5-6,8-9H,4H2,1-2H3;1-2H3/b7-3-,9-5?;. The molecule has 0 spiro atoms. The van der Waals surface area contributed by atoms with E-state index in [9.17, 15) is 0 Å². The van der Waals surface area contributed by atoms with Gasteiger partial charge in [-0.05, 0) is 19.9 Å². The van der Waals surface area contributed by atoms with Gasteiger partial charge in [0.25, 0.3) is 0 Å². The lowest BCUT2D eigenvalue weighted by molar-refractivity contribution is 0.314. The summed E-state index contributed by atoms with van der Waals surface area (Å²) in [6.07, 6.45) is 5.95. The Labute approximate surface area is 80.6 Å². The first-order valence-electron chi connectivity index (χ1n) is 4.74. The molecular weight excluding hydrogens is 162 g/mol. The zero-order chi connectivity index (χ0) is 10.3. The first kappa shape index (κ1) is 11.9. The fourth-order valence-corrected chi connectivity index (χ4v) is 1.14. The van der Waals surface area contributed by atoms with E-state index in [1.54, 1.807) is 6.08 Å². The molecule has 0 bridgehead atoms. The van der Waals surface area contributed by atoms with E-state index in [1.165, 1.54) is 6.21 Å². The number of rotatable bonds is 2. The molecule has 1 heterocycles. The predicted octanol–water partition coefficient (Wildman–Crippen LogP) is 2.65. The third kappa shape index (κ3) is 3.40. The van der Waals surface area contributed by atoms with Crippen LogP contribution < -0.4 is 0 Å². The Kier molecular flexibility index (Phi) is 5.85. The Hall–Kier alpha value is -1.12. The van der Waals surface area contributed by atoms with Crippen LogP contribution in [-0.4, -0.2) is 23.5 Å². The molecule has 1 atom stereocenters. The fraction of sp³-hybridized carbons (Fsp3) is 0.600.